The highest BCUT2D eigenvalue weighted by Crippen LogP contribution is 1.93. The molecule has 0 heterocycles. The lowest BCUT2D eigenvalue weighted by atomic mass is 10.5. The molecule has 0 rings (SSSR count). The first kappa shape index (κ1) is 26.5. The molecule has 0 bridgehead atoms. The average molecular weight is 346 g/mol. The molecule has 0 aliphatic rings. The van der Waals surface area contributed by atoms with Crippen molar-refractivity contribution >= 4 is 11.9 Å². The minimum absolute atomic E-state index is 0.125. The van der Waals surface area contributed by atoms with Crippen LogP contribution in [0.15, 0.2) is 0 Å². The lowest BCUT2D eigenvalue weighted by Gasteiger charge is -2.25. The van der Waals surface area contributed by atoms with Crippen LogP contribution in [0.1, 0.15) is 6.42 Å². The Morgan fingerprint density at radius 1 is 0.652 bits per heavy atom. The van der Waals surface area contributed by atoms with Gasteiger partial charge in [0, 0.05) is 18.4 Å². The smallest absolute Gasteiger partial charge is 0.183 e. The first-order valence-corrected chi connectivity index (χ1v) is 6.21. The highest BCUT2D eigenvalue weighted by atomic mass is 16.4. The van der Waals surface area contributed by atoms with Crippen LogP contribution >= 0.6 is 0 Å². The summed E-state index contributed by atoms with van der Waals surface area (Å²) in [6.07, 6.45) is -1.03. The monoisotopic (exact) mass is 346 g/mol. The molecule has 0 saturated carbocycles. The van der Waals surface area contributed by atoms with Crippen LogP contribution in [-0.4, -0.2) is 106 Å². The molecule has 0 spiro atoms. The van der Waals surface area contributed by atoms with Crippen LogP contribution in [0, 0.1) is 0 Å². The van der Waals surface area contributed by atoms with E-state index in [0.717, 1.165) is 0 Å². The Bertz CT molecular complexity index is 271. The fourth-order valence-electron chi connectivity index (χ4n) is 0.386. The van der Waals surface area contributed by atoms with Crippen molar-refractivity contribution in [2.75, 3.05) is 54.5 Å². The number of carbonyl (C=O) groups excluding carboxylic acids is 2. The molecule has 140 valence electrons. The molecule has 0 saturated heterocycles. The van der Waals surface area contributed by atoms with Gasteiger partial charge in [0.15, 0.2) is 40.4 Å². The van der Waals surface area contributed by atoms with Gasteiger partial charge in [-0.05, 0) is 0 Å². The number of nitrogens with zero attached hydrogens (tertiary/aromatic N) is 2. The number of hydrogen-bond donors (Lipinski definition) is 6. The highest BCUT2D eigenvalue weighted by Gasteiger charge is 2.16. The van der Waals surface area contributed by atoms with Crippen LogP contribution in [0.4, 0.5) is 0 Å². The van der Waals surface area contributed by atoms with Gasteiger partial charge in [0.05, 0.1) is 14.1 Å². The van der Waals surface area contributed by atoms with Crippen molar-refractivity contribution in [1.29, 1.82) is 0 Å². The Hall–Kier alpha value is -1.38. The molecule has 0 unspecified atom stereocenters. The van der Waals surface area contributed by atoms with E-state index in [2.05, 4.69) is 0 Å². The van der Waals surface area contributed by atoms with Gasteiger partial charge < -0.3 is 50.4 Å². The summed E-state index contributed by atoms with van der Waals surface area (Å²) in [7, 11) is 3.08. The molecule has 0 aliphatic carbocycles. The number of aliphatic carboxylic acids is 2. The molecule has 0 aromatic carbocycles. The van der Waals surface area contributed by atoms with Gasteiger partial charge in [-0.3, -0.25) is 8.97 Å². The Labute approximate surface area is 133 Å². The molecule has 0 aromatic rings. The van der Waals surface area contributed by atoms with Gasteiger partial charge in [-0.1, -0.05) is 0 Å². The molecule has 0 fully saturated rings. The number of carboxylic acid groups (broad SMARTS) is 2. The van der Waals surface area contributed by atoms with Crippen LogP contribution in [0.25, 0.3) is 0 Å². The van der Waals surface area contributed by atoms with E-state index in [9.17, 15) is 19.8 Å². The van der Waals surface area contributed by atoms with E-state index in [1.807, 2.05) is 0 Å². The summed E-state index contributed by atoms with van der Waals surface area (Å²) in [5.74, 6) is -3.25. The molecule has 12 nitrogen and oxygen atoms in total. The van der Waals surface area contributed by atoms with Crippen LogP contribution in [0.3, 0.4) is 0 Å². The van der Waals surface area contributed by atoms with Crippen LogP contribution in [-0.2, 0) is 9.59 Å². The van der Waals surface area contributed by atoms with Crippen molar-refractivity contribution in [2.45, 2.75) is 6.42 Å². The number of rotatable bonds is 8. The molecule has 12 heteroatoms. The number of carbonyl (C=O) groups is 2. The largest absolute Gasteiger partial charge is 0.550 e. The summed E-state index contributed by atoms with van der Waals surface area (Å²) < 4.78 is -0.250. The maximum absolute atomic E-state index is 9.28. The Kier molecular flexibility index (Phi) is 16.4. The van der Waals surface area contributed by atoms with Crippen molar-refractivity contribution in [1.82, 2.24) is 0 Å². The standard InChI is InChI=1S/2C4H12NO3.C3H4O4/c2*1-5(2-6,3-7)4-8;4-2(5)1-3(6)7/h2*6-8H,2-4H2,1H3;1H2,(H,4,5)(H,6,7)/q2*+1;/p-2. The van der Waals surface area contributed by atoms with Crippen molar-refractivity contribution in [3.05, 3.63) is 0 Å². The number of hydrogen-bond acceptors (Lipinski definition) is 10. The molecular formula is C11H26N2O10. The van der Waals surface area contributed by atoms with Gasteiger partial charge in [0.1, 0.15) is 0 Å². The maximum atomic E-state index is 9.28. The fourth-order valence-corrected chi connectivity index (χ4v) is 0.386. The van der Waals surface area contributed by atoms with E-state index in [4.69, 9.17) is 30.6 Å². The number of aliphatic hydroxyl groups excluding tert-OH is 6. The second-order valence-electron chi connectivity index (χ2n) is 5.01. The number of carboxylic acids is 2. The number of quaternary nitrogens is 2. The van der Waals surface area contributed by atoms with Gasteiger partial charge in [0.2, 0.25) is 0 Å². The Morgan fingerprint density at radius 3 is 0.826 bits per heavy atom. The molecule has 0 atom stereocenters. The molecule has 0 aliphatic heterocycles. The van der Waals surface area contributed by atoms with Crippen molar-refractivity contribution in [3.63, 3.8) is 0 Å². The lowest BCUT2D eigenvalue weighted by Crippen LogP contribution is -2.46. The highest BCUT2D eigenvalue weighted by molar-refractivity contribution is 5.86. The Morgan fingerprint density at radius 2 is 0.826 bits per heavy atom. The van der Waals surface area contributed by atoms with Crippen LogP contribution in [0.5, 0.6) is 0 Å². The predicted octanol–water partition coefficient (Wildman–Crippen LogP) is -6.56. The summed E-state index contributed by atoms with van der Waals surface area (Å²) in [4.78, 5) is 18.6. The SMILES string of the molecule is C[N+](CO)(CO)CO.C[N+](CO)(CO)CO.O=C([O-])CC(=O)[O-]. The van der Waals surface area contributed by atoms with Crippen molar-refractivity contribution < 1.29 is 59.4 Å². The minimum atomic E-state index is -1.63. The zero-order valence-electron chi connectivity index (χ0n) is 13.2. The second-order valence-corrected chi connectivity index (χ2v) is 5.01. The van der Waals surface area contributed by atoms with Gasteiger partial charge in [-0.2, -0.15) is 0 Å². The van der Waals surface area contributed by atoms with E-state index in [0.29, 0.717) is 0 Å². The fraction of sp³-hybridized carbons (Fsp3) is 0.818. The third-order valence-electron chi connectivity index (χ3n) is 2.34. The van der Waals surface area contributed by atoms with Gasteiger partial charge in [-0.15, -0.1) is 0 Å². The Balaban J connectivity index is -0.000000262. The maximum Gasteiger partial charge on any atom is 0.183 e. The summed E-state index contributed by atoms with van der Waals surface area (Å²) in [5.41, 5.74) is 0. The van der Waals surface area contributed by atoms with Crippen LogP contribution in [0.2, 0.25) is 0 Å². The first-order valence-electron chi connectivity index (χ1n) is 6.21. The second kappa shape index (κ2) is 14.2. The first-order chi connectivity index (χ1) is 10.5. The topological polar surface area (TPSA) is 202 Å². The summed E-state index contributed by atoms with van der Waals surface area (Å²) >= 11 is 0. The van der Waals surface area contributed by atoms with E-state index >= 15 is 0 Å². The normalized spacial score (nSPS) is 10.8. The summed E-state index contributed by atoms with van der Waals surface area (Å²) in [6, 6.07) is 0. The number of aliphatic hydroxyl groups is 6. The predicted molar refractivity (Wildman–Crippen MR) is 69.5 cm³/mol. The minimum Gasteiger partial charge on any atom is -0.550 e. The summed E-state index contributed by atoms with van der Waals surface area (Å²) in [6.45, 7) is -1.46. The van der Waals surface area contributed by atoms with E-state index in [1.165, 1.54) is 0 Å². The van der Waals surface area contributed by atoms with E-state index < -0.39 is 18.4 Å². The lowest BCUT2D eigenvalue weighted by molar-refractivity contribution is -0.960. The third kappa shape index (κ3) is 16.8. The van der Waals surface area contributed by atoms with Crippen molar-refractivity contribution in [2.24, 2.45) is 0 Å². The average Bonchev–Trinajstić information content (AvgIpc) is 2.53. The zero-order chi connectivity index (χ0) is 19.1. The van der Waals surface area contributed by atoms with Gasteiger partial charge >= 0.3 is 0 Å². The van der Waals surface area contributed by atoms with E-state index in [1.54, 1.807) is 14.1 Å². The quantitative estimate of drug-likeness (QED) is 0.139. The van der Waals surface area contributed by atoms with Crippen LogP contribution < -0.4 is 10.2 Å². The molecule has 0 radical (unpaired) electrons. The molecule has 23 heavy (non-hydrogen) atoms. The van der Waals surface area contributed by atoms with Gasteiger partial charge in [-0.25, -0.2) is 0 Å². The summed E-state index contributed by atoms with van der Waals surface area (Å²) in [5, 5.41) is 69.2. The molecule has 6 N–H and O–H groups in total. The molecular weight excluding hydrogens is 320 g/mol. The van der Waals surface area contributed by atoms with Crippen molar-refractivity contribution in [3.8, 4) is 0 Å². The third-order valence-corrected chi connectivity index (χ3v) is 2.34. The van der Waals surface area contributed by atoms with Gasteiger partial charge in [0.25, 0.3) is 0 Å². The molecule has 0 amide bonds. The van der Waals surface area contributed by atoms with E-state index in [-0.39, 0.29) is 49.4 Å². The molecule has 0 aromatic heterocycles. The zero-order valence-corrected chi connectivity index (χ0v) is 13.2.